The fourth-order valence-electron chi connectivity index (χ4n) is 2.81. The van der Waals surface area contributed by atoms with E-state index in [9.17, 15) is 22.8 Å². The maximum Gasteiger partial charge on any atom is 0.436 e. The summed E-state index contributed by atoms with van der Waals surface area (Å²) in [6.07, 6.45) is -0.147. The van der Waals surface area contributed by atoms with Crippen molar-refractivity contribution in [2.24, 2.45) is 14.1 Å². The number of aromatic nitrogens is 6. The van der Waals surface area contributed by atoms with E-state index < -0.39 is 35.3 Å². The van der Waals surface area contributed by atoms with E-state index in [2.05, 4.69) is 25.9 Å². The lowest BCUT2D eigenvalue weighted by Gasteiger charge is -2.09. The van der Waals surface area contributed by atoms with E-state index in [1.165, 1.54) is 24.9 Å². The van der Waals surface area contributed by atoms with Crippen LogP contribution < -0.4 is 10.6 Å². The van der Waals surface area contributed by atoms with Crippen LogP contribution in [0.4, 0.5) is 18.9 Å². The Labute approximate surface area is 179 Å². The molecule has 0 bridgehead atoms. The van der Waals surface area contributed by atoms with Gasteiger partial charge in [-0.2, -0.15) is 28.5 Å². The van der Waals surface area contributed by atoms with Gasteiger partial charge in [0.05, 0.1) is 28.8 Å². The average molecular weight is 459 g/mol. The number of rotatable bonds is 6. The molecule has 3 aromatic heterocycles. The topological polar surface area (TPSA) is 112 Å². The van der Waals surface area contributed by atoms with Gasteiger partial charge in [-0.25, -0.2) is 0 Å². The number of alkyl halides is 3. The monoisotopic (exact) mass is 458 g/mol. The van der Waals surface area contributed by atoms with Crippen LogP contribution in [0.2, 0.25) is 5.02 Å². The summed E-state index contributed by atoms with van der Waals surface area (Å²) in [5, 5.41) is 15.9. The molecule has 0 radical (unpaired) electrons. The van der Waals surface area contributed by atoms with Gasteiger partial charge in [0.15, 0.2) is 5.69 Å². The fourth-order valence-corrected chi connectivity index (χ4v) is 3.06. The molecule has 0 aliphatic heterocycles. The minimum absolute atomic E-state index is 0.00948. The SMILES string of the molecule is Cc1c(Cl)c(C(F)(F)F)nn1CC(=O)Nc1cnn(C)c1C(=O)NCc1cnn(C)c1. The predicted octanol–water partition coefficient (Wildman–Crippen LogP) is 1.90. The first-order chi connectivity index (χ1) is 14.5. The summed E-state index contributed by atoms with van der Waals surface area (Å²) >= 11 is 5.69. The molecule has 3 heterocycles. The number of halogens is 4. The molecule has 2 amide bonds. The van der Waals surface area contributed by atoms with Crippen molar-refractivity contribution >= 4 is 29.1 Å². The normalized spacial score (nSPS) is 11.6. The summed E-state index contributed by atoms with van der Waals surface area (Å²) in [6, 6.07) is 0. The molecule has 0 atom stereocenters. The summed E-state index contributed by atoms with van der Waals surface area (Å²) < 4.78 is 42.5. The van der Waals surface area contributed by atoms with E-state index in [0.717, 1.165) is 10.2 Å². The molecule has 0 fully saturated rings. The van der Waals surface area contributed by atoms with Crippen molar-refractivity contribution in [2.75, 3.05) is 5.32 Å². The van der Waals surface area contributed by atoms with Gasteiger partial charge in [0.25, 0.3) is 5.91 Å². The molecule has 0 aliphatic carbocycles. The number of aryl methyl sites for hydroxylation is 2. The zero-order chi connectivity index (χ0) is 22.9. The molecule has 0 aliphatic rings. The maximum absolute atomic E-state index is 12.9. The first kappa shape index (κ1) is 22.3. The third kappa shape index (κ3) is 4.87. The lowest BCUT2D eigenvalue weighted by molar-refractivity contribution is -0.141. The summed E-state index contributed by atoms with van der Waals surface area (Å²) in [4.78, 5) is 25.0. The van der Waals surface area contributed by atoms with Gasteiger partial charge in [0.2, 0.25) is 5.91 Å². The van der Waals surface area contributed by atoms with Crippen LogP contribution in [0.5, 0.6) is 0 Å². The number of carbonyl (C=O) groups excluding carboxylic acids is 2. The lowest BCUT2D eigenvalue weighted by Crippen LogP contribution is -2.27. The van der Waals surface area contributed by atoms with Crippen molar-refractivity contribution in [3.63, 3.8) is 0 Å². The van der Waals surface area contributed by atoms with Crippen LogP contribution in [-0.4, -0.2) is 41.2 Å². The zero-order valence-electron chi connectivity index (χ0n) is 16.7. The molecule has 0 spiro atoms. The molecule has 0 aromatic carbocycles. The van der Waals surface area contributed by atoms with Crippen LogP contribution in [0.15, 0.2) is 18.6 Å². The molecular weight excluding hydrogens is 441 g/mol. The summed E-state index contributed by atoms with van der Waals surface area (Å²) in [5.74, 6) is -1.21. The van der Waals surface area contributed by atoms with Crippen molar-refractivity contribution in [3.05, 3.63) is 46.3 Å². The minimum atomic E-state index is -4.74. The lowest BCUT2D eigenvalue weighted by atomic mass is 10.3. The Hall–Kier alpha value is -3.35. The Kier molecular flexibility index (Phi) is 6.06. The second-order valence-corrected chi connectivity index (χ2v) is 7.06. The number of anilines is 1. The van der Waals surface area contributed by atoms with E-state index in [-0.39, 0.29) is 23.6 Å². The first-order valence-corrected chi connectivity index (χ1v) is 9.22. The first-order valence-electron chi connectivity index (χ1n) is 8.85. The highest BCUT2D eigenvalue weighted by Crippen LogP contribution is 2.35. The van der Waals surface area contributed by atoms with Crippen LogP contribution >= 0.6 is 11.6 Å². The smallest absolute Gasteiger partial charge is 0.346 e. The Morgan fingerprint density at radius 1 is 1.19 bits per heavy atom. The van der Waals surface area contributed by atoms with Gasteiger partial charge in [-0.3, -0.25) is 23.6 Å². The second-order valence-electron chi connectivity index (χ2n) is 6.69. The Bertz CT molecular complexity index is 1130. The predicted molar refractivity (Wildman–Crippen MR) is 103 cm³/mol. The van der Waals surface area contributed by atoms with E-state index in [1.807, 2.05) is 0 Å². The van der Waals surface area contributed by atoms with Crippen molar-refractivity contribution < 1.29 is 22.8 Å². The van der Waals surface area contributed by atoms with Crippen LogP contribution in [0, 0.1) is 6.92 Å². The van der Waals surface area contributed by atoms with Gasteiger partial charge in [-0.1, -0.05) is 11.6 Å². The highest BCUT2D eigenvalue weighted by atomic mass is 35.5. The molecular formula is C17H18ClF3N8O2. The molecule has 166 valence electrons. The molecule has 3 aromatic rings. The minimum Gasteiger partial charge on any atom is -0.346 e. The standard InChI is InChI=1S/C17H18ClF3N8O2/c1-9-13(18)15(17(19,20)21)26-29(9)8-12(30)25-11-6-24-28(3)14(11)16(31)22-4-10-5-23-27(2)7-10/h5-7H,4,8H2,1-3H3,(H,22,31)(H,25,30). The Morgan fingerprint density at radius 2 is 1.90 bits per heavy atom. The third-order valence-corrected chi connectivity index (χ3v) is 4.79. The van der Waals surface area contributed by atoms with Crippen molar-refractivity contribution in [2.45, 2.75) is 26.2 Å². The summed E-state index contributed by atoms with van der Waals surface area (Å²) in [5.41, 5.74) is -0.331. The zero-order valence-corrected chi connectivity index (χ0v) is 17.4. The molecule has 0 saturated carbocycles. The molecule has 0 saturated heterocycles. The number of nitrogens with zero attached hydrogens (tertiary/aromatic N) is 6. The second kappa shape index (κ2) is 8.41. The number of hydrogen-bond acceptors (Lipinski definition) is 5. The van der Waals surface area contributed by atoms with E-state index in [1.54, 1.807) is 24.1 Å². The molecule has 10 nitrogen and oxygen atoms in total. The Morgan fingerprint density at radius 3 is 2.48 bits per heavy atom. The summed E-state index contributed by atoms with van der Waals surface area (Å²) in [6.45, 7) is 0.989. The molecule has 0 unspecified atom stereocenters. The van der Waals surface area contributed by atoms with Gasteiger partial charge in [0.1, 0.15) is 12.2 Å². The maximum atomic E-state index is 12.9. The molecule has 3 rings (SSSR count). The molecule has 31 heavy (non-hydrogen) atoms. The highest BCUT2D eigenvalue weighted by Gasteiger charge is 2.38. The van der Waals surface area contributed by atoms with Gasteiger partial charge in [0, 0.05) is 32.4 Å². The van der Waals surface area contributed by atoms with Crippen molar-refractivity contribution in [3.8, 4) is 0 Å². The summed E-state index contributed by atoms with van der Waals surface area (Å²) in [7, 11) is 3.26. The van der Waals surface area contributed by atoms with Crippen LogP contribution in [0.1, 0.15) is 27.4 Å². The van der Waals surface area contributed by atoms with Crippen LogP contribution in [0.3, 0.4) is 0 Å². The fraction of sp³-hybridized carbons (Fsp3) is 0.353. The number of carbonyl (C=O) groups is 2. The molecule has 14 heteroatoms. The van der Waals surface area contributed by atoms with Gasteiger partial charge in [-0.15, -0.1) is 0 Å². The number of nitrogens with one attached hydrogen (secondary N) is 2. The number of hydrogen-bond donors (Lipinski definition) is 2. The van der Waals surface area contributed by atoms with Crippen molar-refractivity contribution in [1.29, 1.82) is 0 Å². The Balaban J connectivity index is 1.71. The van der Waals surface area contributed by atoms with Gasteiger partial charge in [-0.05, 0) is 6.92 Å². The van der Waals surface area contributed by atoms with E-state index in [4.69, 9.17) is 11.6 Å². The van der Waals surface area contributed by atoms with E-state index >= 15 is 0 Å². The van der Waals surface area contributed by atoms with Crippen LogP contribution in [0.25, 0.3) is 0 Å². The highest BCUT2D eigenvalue weighted by molar-refractivity contribution is 6.32. The largest absolute Gasteiger partial charge is 0.436 e. The van der Waals surface area contributed by atoms with Gasteiger partial charge < -0.3 is 10.6 Å². The van der Waals surface area contributed by atoms with Crippen LogP contribution in [-0.2, 0) is 38.2 Å². The molecule has 2 N–H and O–H groups in total. The average Bonchev–Trinajstić information content (AvgIpc) is 3.33. The quantitative estimate of drug-likeness (QED) is 0.586. The van der Waals surface area contributed by atoms with Gasteiger partial charge >= 0.3 is 6.18 Å². The number of amides is 2. The van der Waals surface area contributed by atoms with E-state index in [0.29, 0.717) is 0 Å². The third-order valence-electron chi connectivity index (χ3n) is 4.33. The van der Waals surface area contributed by atoms with Crippen molar-refractivity contribution in [1.82, 2.24) is 34.7 Å².